The summed E-state index contributed by atoms with van der Waals surface area (Å²) >= 11 is 0. The summed E-state index contributed by atoms with van der Waals surface area (Å²) in [4.78, 5) is 40.9. The van der Waals surface area contributed by atoms with E-state index in [9.17, 15) is 24.3 Å². The van der Waals surface area contributed by atoms with Crippen LogP contribution in [0.2, 0.25) is 0 Å². The third-order valence-corrected chi connectivity index (χ3v) is 2.10. The van der Waals surface area contributed by atoms with Gasteiger partial charge in [-0.25, -0.2) is 4.79 Å². The van der Waals surface area contributed by atoms with Gasteiger partial charge in [-0.05, 0) is 0 Å². The monoisotopic (exact) mass is 336 g/mol. The first-order valence-corrected chi connectivity index (χ1v) is 6.62. The number of carbonyl (C=O) groups excluding carboxylic acids is 3. The highest BCUT2D eigenvalue weighted by Gasteiger charge is 2.19. The molecule has 0 aromatic rings. The fourth-order valence-electron chi connectivity index (χ4n) is 1.38. The van der Waals surface area contributed by atoms with E-state index in [2.05, 4.69) is 4.74 Å². The first-order chi connectivity index (χ1) is 10.2. The van der Waals surface area contributed by atoms with E-state index >= 15 is 0 Å². The summed E-state index contributed by atoms with van der Waals surface area (Å²) in [5.74, 6) is -4.25. The van der Waals surface area contributed by atoms with Crippen LogP contribution in [0.15, 0.2) is 0 Å². The molecule has 0 aliphatic heterocycles. The van der Waals surface area contributed by atoms with Crippen LogP contribution in [0.3, 0.4) is 0 Å². The van der Waals surface area contributed by atoms with Crippen molar-refractivity contribution in [3.8, 4) is 0 Å². The number of hydrogen-bond acceptors (Lipinski definition) is 8. The quantitative estimate of drug-likeness (QED) is 0.250. The van der Waals surface area contributed by atoms with Crippen molar-refractivity contribution < 1.29 is 43.7 Å². The van der Waals surface area contributed by atoms with E-state index in [4.69, 9.17) is 15.9 Å². The molecule has 0 aromatic heterocycles. The molecule has 0 rings (SSSR count). The van der Waals surface area contributed by atoms with Gasteiger partial charge < -0.3 is 35.1 Å². The largest absolute Gasteiger partial charge is 0.550 e. The van der Waals surface area contributed by atoms with Gasteiger partial charge in [0.25, 0.3) is 0 Å². The maximum absolute atomic E-state index is 10.7. The molecule has 0 amide bonds. The average Bonchev–Trinajstić information content (AvgIpc) is 2.23. The van der Waals surface area contributed by atoms with Gasteiger partial charge in [0.1, 0.15) is 18.7 Å². The number of esters is 2. The maximum atomic E-state index is 10.7. The van der Waals surface area contributed by atoms with E-state index in [0.29, 0.717) is 11.0 Å². The van der Waals surface area contributed by atoms with Crippen molar-refractivity contribution in [3.05, 3.63) is 0 Å². The minimum absolute atomic E-state index is 0.282. The Balaban J connectivity index is 0. The smallest absolute Gasteiger partial charge is 0.331 e. The molecule has 0 aromatic carbocycles. The van der Waals surface area contributed by atoms with Gasteiger partial charge in [0.15, 0.2) is 0 Å². The lowest BCUT2D eigenvalue weighted by atomic mass is 10.2. The highest BCUT2D eigenvalue weighted by atomic mass is 16.6. The van der Waals surface area contributed by atoms with Crippen LogP contribution in [-0.4, -0.2) is 78.4 Å². The van der Waals surface area contributed by atoms with Crippen LogP contribution in [0.1, 0.15) is 19.8 Å². The zero-order valence-corrected chi connectivity index (χ0v) is 13.6. The Morgan fingerprint density at radius 1 is 1.17 bits per heavy atom. The van der Waals surface area contributed by atoms with Crippen molar-refractivity contribution in [3.63, 3.8) is 0 Å². The molecule has 10 heteroatoms. The van der Waals surface area contributed by atoms with Crippen molar-refractivity contribution in [1.82, 2.24) is 0 Å². The number of nitrogens with zero attached hydrogens (tertiary/aromatic N) is 1. The molecular formula is C13H24N2O8. The second-order valence-electron chi connectivity index (χ2n) is 5.82. The van der Waals surface area contributed by atoms with Gasteiger partial charge >= 0.3 is 17.9 Å². The predicted molar refractivity (Wildman–Crippen MR) is 75.5 cm³/mol. The standard InChI is InChI=1S/C7H15NO3.C6H9NO5/c1-8(2,3)5-6(9)4-7(10)11;1-3(8)12-6(11)4(7)2-5(9)10/h6,9H,4-5H2,1-3H3;4H,2,7H2,1H3,(H,9,10)/t6-;4-/m10/s1. The van der Waals surface area contributed by atoms with Crippen LogP contribution in [0.4, 0.5) is 0 Å². The zero-order valence-electron chi connectivity index (χ0n) is 13.6. The number of carboxylic acids is 2. The highest BCUT2D eigenvalue weighted by Crippen LogP contribution is 1.97. The Labute approximate surface area is 134 Å². The Morgan fingerprint density at radius 2 is 1.65 bits per heavy atom. The Hall–Kier alpha value is -2.04. The van der Waals surface area contributed by atoms with Gasteiger partial charge in [0.05, 0.1) is 27.6 Å². The van der Waals surface area contributed by atoms with Gasteiger partial charge in [-0.1, -0.05) is 0 Å². The molecule has 0 fully saturated rings. The summed E-state index contributed by atoms with van der Waals surface area (Å²) in [6, 6.07) is -1.29. The van der Waals surface area contributed by atoms with E-state index in [1.165, 1.54) is 0 Å². The van der Waals surface area contributed by atoms with Crippen LogP contribution in [0, 0.1) is 0 Å². The third-order valence-electron chi connectivity index (χ3n) is 2.10. The molecule has 0 radical (unpaired) electrons. The average molecular weight is 336 g/mol. The van der Waals surface area contributed by atoms with Crippen LogP contribution >= 0.6 is 0 Å². The van der Waals surface area contributed by atoms with E-state index in [0.717, 1.165) is 6.92 Å². The summed E-state index contributed by atoms with van der Waals surface area (Å²) < 4.78 is 4.60. The number of aliphatic carboxylic acids is 2. The summed E-state index contributed by atoms with van der Waals surface area (Å²) in [6.45, 7) is 1.46. The molecular weight excluding hydrogens is 312 g/mol. The number of quaternary nitrogens is 1. The van der Waals surface area contributed by atoms with Gasteiger partial charge in [0.2, 0.25) is 0 Å². The molecule has 0 aliphatic carbocycles. The van der Waals surface area contributed by atoms with Crippen molar-refractivity contribution in [2.75, 3.05) is 27.7 Å². The molecule has 23 heavy (non-hydrogen) atoms. The van der Waals surface area contributed by atoms with Crippen molar-refractivity contribution in [2.24, 2.45) is 5.73 Å². The number of likely N-dealkylation sites (N-methyl/N-ethyl adjacent to an activating group) is 1. The number of hydrogen-bond donors (Lipinski definition) is 3. The predicted octanol–water partition coefficient (Wildman–Crippen LogP) is -2.93. The van der Waals surface area contributed by atoms with E-state index in [-0.39, 0.29) is 6.42 Å². The van der Waals surface area contributed by atoms with E-state index in [1.807, 2.05) is 21.1 Å². The molecule has 0 aliphatic rings. The Kier molecular flexibility index (Phi) is 10.8. The molecule has 0 heterocycles. The lowest BCUT2D eigenvalue weighted by molar-refractivity contribution is -0.873. The Bertz CT molecular complexity index is 430. The van der Waals surface area contributed by atoms with Crippen LogP contribution < -0.4 is 10.8 Å². The number of carboxylic acid groups (broad SMARTS) is 2. The molecule has 0 saturated heterocycles. The summed E-state index contributed by atoms with van der Waals surface area (Å²) in [5.41, 5.74) is 5.06. The molecule has 0 bridgehead atoms. The number of aliphatic hydroxyl groups excluding tert-OH is 1. The molecule has 0 spiro atoms. The Morgan fingerprint density at radius 3 is 1.96 bits per heavy atom. The lowest BCUT2D eigenvalue weighted by Gasteiger charge is -2.26. The summed E-state index contributed by atoms with van der Waals surface area (Å²) in [6.07, 6.45) is -1.64. The normalized spacial score (nSPS) is 13.1. The van der Waals surface area contributed by atoms with Gasteiger partial charge in [0, 0.05) is 19.3 Å². The first-order valence-electron chi connectivity index (χ1n) is 6.62. The van der Waals surface area contributed by atoms with Gasteiger partial charge in [-0.2, -0.15) is 0 Å². The molecule has 2 atom stereocenters. The summed E-state index contributed by atoms with van der Waals surface area (Å²) in [7, 11) is 5.66. The SMILES string of the molecule is CC(=O)OC(=O)[C@@H](N)CC(=O)O.C[N+](C)(C)C[C@H](O)CC(=O)[O-]. The lowest BCUT2D eigenvalue weighted by Crippen LogP contribution is -2.43. The van der Waals surface area contributed by atoms with E-state index in [1.54, 1.807) is 0 Å². The number of aliphatic hydroxyl groups is 1. The highest BCUT2D eigenvalue weighted by molar-refractivity contribution is 5.89. The molecule has 0 saturated carbocycles. The molecule has 0 unspecified atom stereocenters. The zero-order chi connectivity index (χ0) is 18.8. The fourth-order valence-corrected chi connectivity index (χ4v) is 1.38. The topological polar surface area (TPSA) is 167 Å². The minimum Gasteiger partial charge on any atom is -0.550 e. The van der Waals surface area contributed by atoms with Crippen LogP contribution in [0.5, 0.6) is 0 Å². The van der Waals surface area contributed by atoms with Crippen LogP contribution in [0.25, 0.3) is 0 Å². The second kappa shape index (κ2) is 10.6. The van der Waals surface area contributed by atoms with Gasteiger partial charge in [-0.3, -0.25) is 9.59 Å². The number of carbonyl (C=O) groups is 4. The minimum atomic E-state index is -1.29. The van der Waals surface area contributed by atoms with Crippen molar-refractivity contribution >= 4 is 23.9 Å². The van der Waals surface area contributed by atoms with Crippen molar-refractivity contribution in [2.45, 2.75) is 31.9 Å². The number of rotatable bonds is 7. The second-order valence-corrected chi connectivity index (χ2v) is 5.82. The third kappa shape index (κ3) is 17.9. The number of nitrogens with two attached hydrogens (primary N) is 1. The number of ether oxygens (including phenoxy) is 1. The van der Waals surface area contributed by atoms with Crippen LogP contribution in [-0.2, 0) is 23.9 Å². The van der Waals surface area contributed by atoms with Crippen molar-refractivity contribution in [1.29, 1.82) is 0 Å². The maximum Gasteiger partial charge on any atom is 0.331 e. The summed E-state index contributed by atoms with van der Waals surface area (Å²) in [5, 5.41) is 27.3. The molecule has 10 nitrogen and oxygen atoms in total. The van der Waals surface area contributed by atoms with E-state index < -0.39 is 42.4 Å². The fraction of sp³-hybridized carbons (Fsp3) is 0.692. The molecule has 4 N–H and O–H groups in total. The van der Waals surface area contributed by atoms with Gasteiger partial charge in [-0.15, -0.1) is 0 Å². The first kappa shape index (κ1) is 23.2. The molecule has 134 valence electrons.